The monoisotopic (exact) mass is 508 g/mol. The third-order valence-electron chi connectivity index (χ3n) is 4.52. The maximum Gasteiger partial charge on any atom is 0.352 e. The Labute approximate surface area is 199 Å². The van der Waals surface area contributed by atoms with E-state index in [1.54, 1.807) is 18.6 Å². The van der Waals surface area contributed by atoms with Crippen molar-refractivity contribution < 1.29 is 24.3 Å². The number of hydrogen-bond donors (Lipinski definition) is 3. The topological polar surface area (TPSA) is 186 Å². The number of aromatic nitrogens is 4. The minimum absolute atomic E-state index is 0.0359. The number of nitrogens with zero attached hydrogens (tertiary/aromatic N) is 6. The molecular weight excluding hydrogens is 492 g/mol. The molecule has 0 aromatic carbocycles. The van der Waals surface area contributed by atoms with E-state index in [2.05, 4.69) is 29.8 Å². The second-order valence-electron chi connectivity index (χ2n) is 6.53. The largest absolute Gasteiger partial charge is 0.477 e. The molecular formula is C17H16N8O5S3. The van der Waals surface area contributed by atoms with E-state index in [9.17, 15) is 19.5 Å². The number of carbonyl (C=O) groups excluding carboxylic acids is 2. The van der Waals surface area contributed by atoms with E-state index in [-0.39, 0.29) is 22.4 Å². The van der Waals surface area contributed by atoms with Crippen LogP contribution < -0.4 is 11.1 Å². The summed E-state index contributed by atoms with van der Waals surface area (Å²) in [5.41, 5.74) is 5.83. The zero-order chi connectivity index (χ0) is 23.5. The maximum absolute atomic E-state index is 12.8. The number of hydrogen-bond acceptors (Lipinski definition) is 13. The Morgan fingerprint density at radius 2 is 2.27 bits per heavy atom. The first-order chi connectivity index (χ1) is 15.9. The number of thioether (sulfide) groups is 2. The molecule has 2 aliphatic heterocycles. The number of aliphatic carboxylic acids is 1. The van der Waals surface area contributed by atoms with E-state index in [4.69, 9.17) is 10.6 Å². The number of fused-ring (bicyclic) bond motifs is 1. The fourth-order valence-electron chi connectivity index (χ4n) is 3.13. The van der Waals surface area contributed by atoms with E-state index >= 15 is 0 Å². The number of anilines is 1. The fraction of sp³-hybridized carbons (Fsp3) is 0.294. The summed E-state index contributed by atoms with van der Waals surface area (Å²) >= 11 is 3.56. The number of carbonyl (C=O) groups is 3. The normalized spacial score (nSPS) is 20.2. The predicted molar refractivity (Wildman–Crippen MR) is 120 cm³/mol. The fourth-order valence-corrected chi connectivity index (χ4v) is 5.87. The van der Waals surface area contributed by atoms with Gasteiger partial charge in [-0.15, -0.1) is 23.5 Å². The van der Waals surface area contributed by atoms with Gasteiger partial charge in [-0.25, -0.2) is 9.78 Å². The Morgan fingerprint density at radius 1 is 1.45 bits per heavy atom. The average molecular weight is 509 g/mol. The summed E-state index contributed by atoms with van der Waals surface area (Å²) in [5.74, 6) is -1.81. The van der Waals surface area contributed by atoms with Gasteiger partial charge in [-0.1, -0.05) is 5.16 Å². The molecule has 13 nitrogen and oxygen atoms in total. The van der Waals surface area contributed by atoms with Gasteiger partial charge in [0.2, 0.25) is 11.5 Å². The van der Waals surface area contributed by atoms with E-state index in [0.717, 1.165) is 11.5 Å². The number of rotatable bonds is 8. The lowest BCUT2D eigenvalue weighted by atomic mass is 10.0. The van der Waals surface area contributed by atoms with Gasteiger partial charge >= 0.3 is 5.97 Å². The molecule has 0 saturated carbocycles. The number of β-lactam (4-membered cyclic amide) rings is 1. The number of nitrogens with two attached hydrogens (primary N) is 1. The van der Waals surface area contributed by atoms with E-state index in [1.807, 2.05) is 0 Å². The van der Waals surface area contributed by atoms with E-state index in [0.29, 0.717) is 22.1 Å². The van der Waals surface area contributed by atoms with Gasteiger partial charge in [0, 0.05) is 35.4 Å². The molecule has 2 aromatic rings. The second-order valence-corrected chi connectivity index (χ2v) is 9.41. The molecule has 2 atom stereocenters. The van der Waals surface area contributed by atoms with Gasteiger partial charge in [-0.3, -0.25) is 19.5 Å². The summed E-state index contributed by atoms with van der Waals surface area (Å²) in [5, 5.41) is 16.2. The molecule has 0 spiro atoms. The van der Waals surface area contributed by atoms with Gasteiger partial charge in [-0.05, 0) is 5.57 Å². The minimum Gasteiger partial charge on any atom is -0.477 e. The summed E-state index contributed by atoms with van der Waals surface area (Å²) in [4.78, 5) is 55.5. The molecule has 0 aliphatic carbocycles. The number of carboxylic acid groups (broad SMARTS) is 1. The quantitative estimate of drug-likeness (QED) is 0.185. The minimum atomic E-state index is -1.21. The van der Waals surface area contributed by atoms with Crippen LogP contribution in [0.25, 0.3) is 0 Å². The molecule has 0 radical (unpaired) electrons. The molecule has 4 heterocycles. The smallest absolute Gasteiger partial charge is 0.352 e. The van der Waals surface area contributed by atoms with Gasteiger partial charge in [0.25, 0.3) is 11.8 Å². The molecule has 2 amide bonds. The molecule has 2 aromatic heterocycles. The Kier molecular flexibility index (Phi) is 6.75. The van der Waals surface area contributed by atoms with Crippen LogP contribution in [0.3, 0.4) is 0 Å². The van der Waals surface area contributed by atoms with Crippen LogP contribution in [-0.4, -0.2) is 82.9 Å². The number of nitrogen functional groups attached to an aromatic ring is 1. The number of nitrogens with one attached hydrogen (secondary N) is 1. The summed E-state index contributed by atoms with van der Waals surface area (Å²) in [6.07, 6.45) is 4.67. The molecule has 1 fully saturated rings. The summed E-state index contributed by atoms with van der Waals surface area (Å²) in [7, 11) is 1.25. The first kappa shape index (κ1) is 22.9. The molecule has 0 bridgehead atoms. The Bertz CT molecular complexity index is 1150. The highest BCUT2D eigenvalue weighted by Crippen LogP contribution is 2.41. The van der Waals surface area contributed by atoms with E-state index in [1.165, 1.54) is 35.5 Å². The van der Waals surface area contributed by atoms with Crippen molar-refractivity contribution >= 4 is 63.7 Å². The van der Waals surface area contributed by atoms with Crippen molar-refractivity contribution in [3.05, 3.63) is 35.7 Å². The number of amides is 2. The Balaban J connectivity index is 1.49. The van der Waals surface area contributed by atoms with Gasteiger partial charge in [0.15, 0.2) is 5.13 Å². The van der Waals surface area contributed by atoms with Crippen LogP contribution in [0.5, 0.6) is 0 Å². The van der Waals surface area contributed by atoms with Crippen LogP contribution >= 0.6 is 35.1 Å². The van der Waals surface area contributed by atoms with Crippen molar-refractivity contribution in [3.63, 3.8) is 0 Å². The third-order valence-corrected chi connectivity index (χ3v) is 7.40. The van der Waals surface area contributed by atoms with Crippen LogP contribution in [0.15, 0.2) is 40.0 Å². The van der Waals surface area contributed by atoms with Crippen molar-refractivity contribution in [3.8, 4) is 0 Å². The highest BCUT2D eigenvalue weighted by Gasteiger charge is 2.54. The van der Waals surface area contributed by atoms with Crippen molar-refractivity contribution in [1.82, 2.24) is 29.5 Å². The summed E-state index contributed by atoms with van der Waals surface area (Å²) < 4.78 is 3.93. The number of oxime groups is 1. The third kappa shape index (κ3) is 4.62. The Hall–Kier alpha value is -3.24. The van der Waals surface area contributed by atoms with Crippen molar-refractivity contribution in [2.45, 2.75) is 16.4 Å². The van der Waals surface area contributed by atoms with Gasteiger partial charge in [-0.2, -0.15) is 9.36 Å². The van der Waals surface area contributed by atoms with Gasteiger partial charge < -0.3 is 21.0 Å². The highest BCUT2D eigenvalue weighted by atomic mass is 32.2. The molecule has 16 heteroatoms. The molecule has 2 aliphatic rings. The zero-order valence-corrected chi connectivity index (χ0v) is 19.3. The van der Waals surface area contributed by atoms with Crippen LogP contribution in [-0.2, 0) is 19.2 Å². The van der Waals surface area contributed by atoms with Gasteiger partial charge in [0.1, 0.15) is 29.2 Å². The molecule has 1 unspecified atom stereocenters. The molecule has 1 saturated heterocycles. The average Bonchev–Trinajstić information content (AvgIpc) is 3.25. The molecule has 172 valence electrons. The van der Waals surface area contributed by atoms with Crippen molar-refractivity contribution in [1.29, 1.82) is 0 Å². The Morgan fingerprint density at radius 3 is 2.91 bits per heavy atom. The maximum atomic E-state index is 12.8. The highest BCUT2D eigenvalue weighted by molar-refractivity contribution is 8.01. The lowest BCUT2D eigenvalue weighted by Gasteiger charge is -2.49. The van der Waals surface area contributed by atoms with Crippen LogP contribution in [0.2, 0.25) is 0 Å². The van der Waals surface area contributed by atoms with Crippen LogP contribution in [0.4, 0.5) is 5.13 Å². The van der Waals surface area contributed by atoms with Gasteiger partial charge in [0.05, 0.1) is 6.20 Å². The van der Waals surface area contributed by atoms with E-state index < -0.39 is 29.2 Å². The summed E-state index contributed by atoms with van der Waals surface area (Å²) in [6, 6.07) is -0.941. The molecule has 33 heavy (non-hydrogen) atoms. The lowest BCUT2D eigenvalue weighted by Crippen LogP contribution is -2.71. The van der Waals surface area contributed by atoms with Crippen molar-refractivity contribution in [2.75, 3.05) is 24.3 Å². The summed E-state index contributed by atoms with van der Waals surface area (Å²) in [6.45, 7) is 0. The molecule has 4 N–H and O–H groups in total. The van der Waals surface area contributed by atoms with Crippen LogP contribution in [0.1, 0.15) is 5.82 Å². The number of carboxylic acids is 1. The lowest BCUT2D eigenvalue weighted by molar-refractivity contribution is -0.150. The second kappa shape index (κ2) is 9.72. The van der Waals surface area contributed by atoms with Crippen LogP contribution in [0, 0.1) is 0 Å². The first-order valence-corrected chi connectivity index (χ1v) is 12.0. The predicted octanol–water partition coefficient (Wildman–Crippen LogP) is -0.208. The first-order valence-electron chi connectivity index (χ1n) is 9.21. The molecule has 4 rings (SSSR count). The zero-order valence-electron chi connectivity index (χ0n) is 16.9. The standard InChI is InChI=1S/C17H16N8O5S3/c1-30-23-9(12-22-17(18)33-24-12)13(26)21-10-14(27)25-11(16(28)29)7(6-32-15(10)25)5-31-8-4-19-2-3-20-8/h2-4,10,15H,5-6H2,1H3,(H,21,26)(H,28,29)(H2,18,22,24)/t10?,15-/m1/s1. The SMILES string of the molecule is CON=C(C(=O)NC1C(=O)N2C(C(=O)O)=C(CSc3cnccn3)CS[C@H]12)c1nsc(N)n1. The van der Waals surface area contributed by atoms with Crippen molar-refractivity contribution in [2.24, 2.45) is 5.16 Å².